The summed E-state index contributed by atoms with van der Waals surface area (Å²) in [5.74, 6) is 0.134. The van der Waals surface area contributed by atoms with Crippen LogP contribution < -0.4 is 5.73 Å². The molecule has 0 spiro atoms. The fourth-order valence-electron chi connectivity index (χ4n) is 2.11. The number of hydrogen-bond donors (Lipinski definition) is 2. The molecule has 19 heavy (non-hydrogen) atoms. The van der Waals surface area contributed by atoms with Crippen LogP contribution in [0.3, 0.4) is 0 Å². The van der Waals surface area contributed by atoms with Crippen molar-refractivity contribution < 1.29 is 5.11 Å². The second kappa shape index (κ2) is 7.13. The zero-order chi connectivity index (χ0) is 14.5. The first-order valence-electron chi connectivity index (χ1n) is 6.78. The van der Waals surface area contributed by atoms with Crippen molar-refractivity contribution in [3.05, 3.63) is 28.8 Å². The largest absolute Gasteiger partial charge is 0.506 e. The van der Waals surface area contributed by atoms with Crippen molar-refractivity contribution in [2.75, 3.05) is 19.6 Å². The first-order valence-corrected chi connectivity index (χ1v) is 7.15. The van der Waals surface area contributed by atoms with E-state index in [1.54, 1.807) is 6.07 Å². The Kier molecular flexibility index (Phi) is 6.11. The maximum absolute atomic E-state index is 9.44. The average Bonchev–Trinajstić information content (AvgIpc) is 2.34. The van der Waals surface area contributed by atoms with Crippen molar-refractivity contribution in [2.24, 2.45) is 11.1 Å². The van der Waals surface area contributed by atoms with Crippen LogP contribution in [0.25, 0.3) is 0 Å². The normalized spacial score (nSPS) is 12.1. The smallest absolute Gasteiger partial charge is 0.134 e. The Balaban J connectivity index is 2.74. The number of nitrogens with zero attached hydrogens (tertiary/aromatic N) is 1. The highest BCUT2D eigenvalue weighted by Gasteiger charge is 2.20. The van der Waals surface area contributed by atoms with Gasteiger partial charge in [0.2, 0.25) is 0 Å². The molecule has 0 amide bonds. The van der Waals surface area contributed by atoms with Crippen LogP contribution in [0.5, 0.6) is 5.75 Å². The molecular formula is C15H25ClN2O. The van der Waals surface area contributed by atoms with Gasteiger partial charge in [-0.1, -0.05) is 38.4 Å². The Bertz CT molecular complexity index is 407. The fraction of sp³-hybridized carbons (Fsp3) is 0.600. The van der Waals surface area contributed by atoms with Gasteiger partial charge in [0.05, 0.1) is 5.02 Å². The molecule has 4 heteroatoms. The maximum atomic E-state index is 9.44. The van der Waals surface area contributed by atoms with E-state index in [9.17, 15) is 5.11 Å². The fourth-order valence-corrected chi connectivity index (χ4v) is 2.31. The number of aromatic hydroxyl groups is 1. The summed E-state index contributed by atoms with van der Waals surface area (Å²) < 4.78 is 0. The number of benzene rings is 1. The van der Waals surface area contributed by atoms with Crippen LogP contribution >= 0.6 is 11.6 Å². The van der Waals surface area contributed by atoms with Crippen molar-refractivity contribution in [3.63, 3.8) is 0 Å². The van der Waals surface area contributed by atoms with Crippen LogP contribution in [0.1, 0.15) is 32.8 Å². The highest BCUT2D eigenvalue weighted by molar-refractivity contribution is 6.32. The predicted octanol–water partition coefficient (Wildman–Crippen LogP) is 3.24. The van der Waals surface area contributed by atoms with Crippen molar-refractivity contribution in [3.8, 4) is 5.75 Å². The first kappa shape index (κ1) is 16.3. The van der Waals surface area contributed by atoms with Crippen LogP contribution in [-0.2, 0) is 6.54 Å². The van der Waals surface area contributed by atoms with Crippen LogP contribution in [-0.4, -0.2) is 29.6 Å². The molecular weight excluding hydrogens is 260 g/mol. The molecule has 0 aliphatic carbocycles. The molecule has 0 fully saturated rings. The molecule has 0 unspecified atom stereocenters. The summed E-state index contributed by atoms with van der Waals surface area (Å²) in [4.78, 5) is 2.38. The highest BCUT2D eigenvalue weighted by Crippen LogP contribution is 2.25. The molecule has 0 saturated carbocycles. The van der Waals surface area contributed by atoms with E-state index in [1.165, 1.54) is 0 Å². The van der Waals surface area contributed by atoms with Crippen LogP contribution in [0.15, 0.2) is 18.2 Å². The van der Waals surface area contributed by atoms with Crippen molar-refractivity contribution in [2.45, 2.75) is 33.7 Å². The molecule has 108 valence electrons. The lowest BCUT2D eigenvalue weighted by Gasteiger charge is -2.31. The van der Waals surface area contributed by atoms with E-state index < -0.39 is 0 Å². The van der Waals surface area contributed by atoms with Crippen LogP contribution in [0, 0.1) is 5.41 Å². The standard InChI is InChI=1S/C15H25ClN2O/c1-4-7-18(11-15(2,3)10-17)9-12-5-6-14(19)13(16)8-12/h5-6,8,19H,4,7,9-11,17H2,1-3H3. The van der Waals surface area contributed by atoms with Gasteiger partial charge in [0.1, 0.15) is 5.75 Å². The van der Waals surface area contributed by atoms with Gasteiger partial charge in [-0.25, -0.2) is 0 Å². The Morgan fingerprint density at radius 1 is 1.37 bits per heavy atom. The van der Waals surface area contributed by atoms with Crippen LogP contribution in [0.2, 0.25) is 5.02 Å². The number of rotatable bonds is 7. The summed E-state index contributed by atoms with van der Waals surface area (Å²) in [7, 11) is 0. The minimum Gasteiger partial charge on any atom is -0.506 e. The van der Waals surface area contributed by atoms with E-state index in [1.807, 2.05) is 12.1 Å². The molecule has 1 aromatic carbocycles. The van der Waals surface area contributed by atoms with E-state index in [0.29, 0.717) is 11.6 Å². The number of hydrogen-bond acceptors (Lipinski definition) is 3. The molecule has 3 nitrogen and oxygen atoms in total. The van der Waals surface area contributed by atoms with Gasteiger partial charge in [0.15, 0.2) is 0 Å². The minimum atomic E-state index is 0.107. The van der Waals surface area contributed by atoms with Gasteiger partial charge in [-0.05, 0) is 42.6 Å². The van der Waals surface area contributed by atoms with E-state index in [2.05, 4.69) is 25.7 Å². The molecule has 3 N–H and O–H groups in total. The van der Waals surface area contributed by atoms with E-state index in [4.69, 9.17) is 17.3 Å². The third-order valence-electron chi connectivity index (χ3n) is 3.16. The van der Waals surface area contributed by atoms with Gasteiger partial charge in [0, 0.05) is 13.1 Å². The molecule has 1 rings (SSSR count). The van der Waals surface area contributed by atoms with E-state index in [0.717, 1.165) is 31.6 Å². The van der Waals surface area contributed by atoms with Gasteiger partial charge in [-0.3, -0.25) is 4.90 Å². The second-order valence-electron chi connectivity index (χ2n) is 5.86. The lowest BCUT2D eigenvalue weighted by atomic mass is 9.93. The average molecular weight is 285 g/mol. The third kappa shape index (κ3) is 5.39. The second-order valence-corrected chi connectivity index (χ2v) is 6.27. The Morgan fingerprint density at radius 2 is 2.05 bits per heavy atom. The molecule has 0 aliphatic heterocycles. The van der Waals surface area contributed by atoms with Gasteiger partial charge in [-0.15, -0.1) is 0 Å². The molecule has 0 aromatic heterocycles. The SMILES string of the molecule is CCCN(Cc1ccc(O)c(Cl)c1)CC(C)(C)CN. The molecule has 0 bridgehead atoms. The molecule has 0 atom stereocenters. The summed E-state index contributed by atoms with van der Waals surface area (Å²) in [6, 6.07) is 5.39. The van der Waals surface area contributed by atoms with Crippen molar-refractivity contribution in [1.82, 2.24) is 4.90 Å². The highest BCUT2D eigenvalue weighted by atomic mass is 35.5. The quantitative estimate of drug-likeness (QED) is 0.808. The summed E-state index contributed by atoms with van der Waals surface area (Å²) >= 11 is 5.95. The Morgan fingerprint density at radius 3 is 2.58 bits per heavy atom. The zero-order valence-electron chi connectivity index (χ0n) is 12.1. The first-order chi connectivity index (χ1) is 8.88. The Hall–Kier alpha value is -0.770. The molecule has 0 aliphatic rings. The Labute approximate surface area is 121 Å². The predicted molar refractivity (Wildman–Crippen MR) is 81.5 cm³/mol. The zero-order valence-corrected chi connectivity index (χ0v) is 12.9. The summed E-state index contributed by atoms with van der Waals surface area (Å²) in [6.45, 7) is 10.0. The number of nitrogens with two attached hydrogens (primary N) is 1. The summed E-state index contributed by atoms with van der Waals surface area (Å²) in [6.07, 6.45) is 1.10. The minimum absolute atomic E-state index is 0.107. The lowest BCUT2D eigenvalue weighted by molar-refractivity contribution is 0.176. The molecule has 1 aromatic rings. The molecule has 0 heterocycles. The van der Waals surface area contributed by atoms with Crippen LogP contribution in [0.4, 0.5) is 0 Å². The van der Waals surface area contributed by atoms with Crippen molar-refractivity contribution in [1.29, 1.82) is 0 Å². The van der Waals surface area contributed by atoms with Gasteiger partial charge < -0.3 is 10.8 Å². The van der Waals surface area contributed by atoms with E-state index >= 15 is 0 Å². The number of phenols is 1. The third-order valence-corrected chi connectivity index (χ3v) is 3.47. The van der Waals surface area contributed by atoms with E-state index in [-0.39, 0.29) is 11.2 Å². The van der Waals surface area contributed by atoms with Crippen molar-refractivity contribution >= 4 is 11.6 Å². The molecule has 0 radical (unpaired) electrons. The summed E-state index contributed by atoms with van der Waals surface area (Å²) in [5, 5.41) is 9.85. The van der Waals surface area contributed by atoms with Gasteiger partial charge in [-0.2, -0.15) is 0 Å². The summed E-state index contributed by atoms with van der Waals surface area (Å²) in [5.41, 5.74) is 7.03. The molecule has 0 saturated heterocycles. The van der Waals surface area contributed by atoms with Gasteiger partial charge in [0.25, 0.3) is 0 Å². The topological polar surface area (TPSA) is 49.5 Å². The number of halogens is 1. The monoisotopic (exact) mass is 284 g/mol. The maximum Gasteiger partial charge on any atom is 0.134 e. The van der Waals surface area contributed by atoms with Gasteiger partial charge >= 0.3 is 0 Å². The lowest BCUT2D eigenvalue weighted by Crippen LogP contribution is -2.38. The number of phenolic OH excluding ortho intramolecular Hbond substituents is 1.